The van der Waals surface area contributed by atoms with Gasteiger partial charge < -0.3 is 9.88 Å². The van der Waals surface area contributed by atoms with Crippen molar-refractivity contribution < 1.29 is 4.79 Å². The summed E-state index contributed by atoms with van der Waals surface area (Å²) in [6.45, 7) is 0.665. The van der Waals surface area contributed by atoms with Crippen LogP contribution in [0.3, 0.4) is 0 Å². The third-order valence-corrected chi connectivity index (χ3v) is 3.97. The van der Waals surface area contributed by atoms with Crippen LogP contribution in [0.1, 0.15) is 36.2 Å². The first kappa shape index (κ1) is 12.4. The van der Waals surface area contributed by atoms with Crippen molar-refractivity contribution >= 4 is 17.5 Å². The van der Waals surface area contributed by atoms with E-state index in [1.165, 1.54) is 12.8 Å². The largest absolute Gasteiger partial charge is 0.350 e. The van der Waals surface area contributed by atoms with Gasteiger partial charge in [-0.2, -0.15) is 0 Å². The second-order valence-corrected chi connectivity index (χ2v) is 5.22. The molecule has 1 N–H and O–H groups in total. The molecule has 1 amide bonds. The van der Waals surface area contributed by atoms with E-state index in [4.69, 9.17) is 11.6 Å². The molecule has 2 rings (SSSR count). The van der Waals surface area contributed by atoms with Crippen molar-refractivity contribution in [1.29, 1.82) is 0 Å². The zero-order valence-corrected chi connectivity index (χ0v) is 10.8. The van der Waals surface area contributed by atoms with Gasteiger partial charge in [0.1, 0.15) is 5.69 Å². The Morgan fingerprint density at radius 1 is 1.59 bits per heavy atom. The van der Waals surface area contributed by atoms with E-state index in [2.05, 4.69) is 10.3 Å². The third kappa shape index (κ3) is 3.00. The summed E-state index contributed by atoms with van der Waals surface area (Å²) in [7, 11) is 1.81. The minimum Gasteiger partial charge on any atom is -0.350 e. The molecule has 0 aromatic carbocycles. The van der Waals surface area contributed by atoms with Crippen molar-refractivity contribution in [2.75, 3.05) is 6.54 Å². The van der Waals surface area contributed by atoms with Crippen LogP contribution >= 0.6 is 11.6 Å². The van der Waals surface area contributed by atoms with E-state index in [0.717, 1.165) is 12.8 Å². The van der Waals surface area contributed by atoms with Gasteiger partial charge in [0.25, 0.3) is 5.91 Å². The standard InChI is InChI=1S/C12H18ClN3O/c1-16-8-14-7-11(16)12(17)15-6-9-4-2-3-5-10(9)13/h7-10H,2-6H2,1H3,(H,15,17). The number of rotatable bonds is 3. The van der Waals surface area contributed by atoms with Gasteiger partial charge in [-0.3, -0.25) is 4.79 Å². The molecule has 1 aliphatic rings. The van der Waals surface area contributed by atoms with Crippen LogP contribution in [0.5, 0.6) is 0 Å². The molecule has 5 heteroatoms. The number of nitrogens with zero attached hydrogens (tertiary/aromatic N) is 2. The SMILES string of the molecule is Cn1cncc1C(=O)NCC1CCCCC1Cl. The Kier molecular flexibility index (Phi) is 4.05. The number of hydrogen-bond acceptors (Lipinski definition) is 2. The third-order valence-electron chi connectivity index (χ3n) is 3.39. The Morgan fingerprint density at radius 3 is 3.00 bits per heavy atom. The number of carbonyl (C=O) groups is 1. The molecule has 0 bridgehead atoms. The maximum absolute atomic E-state index is 11.9. The molecule has 1 heterocycles. The number of carbonyl (C=O) groups excluding carboxylic acids is 1. The summed E-state index contributed by atoms with van der Waals surface area (Å²) < 4.78 is 1.72. The first-order valence-corrected chi connectivity index (χ1v) is 6.50. The topological polar surface area (TPSA) is 46.9 Å². The number of alkyl halides is 1. The Balaban J connectivity index is 1.86. The molecule has 17 heavy (non-hydrogen) atoms. The lowest BCUT2D eigenvalue weighted by Gasteiger charge is -2.27. The normalized spacial score (nSPS) is 24.6. The number of aromatic nitrogens is 2. The van der Waals surface area contributed by atoms with Crippen molar-refractivity contribution in [1.82, 2.24) is 14.9 Å². The van der Waals surface area contributed by atoms with Crippen molar-refractivity contribution in [3.63, 3.8) is 0 Å². The van der Waals surface area contributed by atoms with Crippen LogP contribution in [0, 0.1) is 5.92 Å². The minimum atomic E-state index is -0.0700. The first-order chi connectivity index (χ1) is 8.18. The molecule has 1 aromatic rings. The molecule has 0 spiro atoms. The van der Waals surface area contributed by atoms with Gasteiger partial charge in [0.2, 0.25) is 0 Å². The molecular formula is C12H18ClN3O. The minimum absolute atomic E-state index is 0.0700. The Bertz CT molecular complexity index is 391. The van der Waals surface area contributed by atoms with Gasteiger partial charge in [-0.25, -0.2) is 4.98 Å². The molecular weight excluding hydrogens is 238 g/mol. The van der Waals surface area contributed by atoms with E-state index < -0.39 is 0 Å². The number of hydrogen-bond donors (Lipinski definition) is 1. The fraction of sp³-hybridized carbons (Fsp3) is 0.667. The van der Waals surface area contributed by atoms with Crippen LogP contribution in [0.2, 0.25) is 0 Å². The van der Waals surface area contributed by atoms with Crippen LogP contribution in [-0.2, 0) is 7.05 Å². The highest BCUT2D eigenvalue weighted by molar-refractivity contribution is 6.20. The molecule has 0 saturated heterocycles. The highest BCUT2D eigenvalue weighted by Gasteiger charge is 2.23. The average molecular weight is 256 g/mol. The van der Waals surface area contributed by atoms with Gasteiger partial charge in [0, 0.05) is 19.0 Å². The fourth-order valence-corrected chi connectivity index (χ4v) is 2.65. The number of imidazole rings is 1. The summed E-state index contributed by atoms with van der Waals surface area (Å²) in [6, 6.07) is 0. The average Bonchev–Trinajstić information content (AvgIpc) is 2.74. The quantitative estimate of drug-likeness (QED) is 0.840. The highest BCUT2D eigenvalue weighted by Crippen LogP contribution is 2.27. The first-order valence-electron chi connectivity index (χ1n) is 6.07. The zero-order valence-electron chi connectivity index (χ0n) is 10.0. The summed E-state index contributed by atoms with van der Waals surface area (Å²) >= 11 is 6.25. The maximum atomic E-state index is 11.9. The molecule has 94 valence electrons. The van der Waals surface area contributed by atoms with E-state index >= 15 is 0 Å². The predicted octanol–water partition coefficient (Wildman–Crippen LogP) is 1.95. The molecule has 0 aliphatic heterocycles. The van der Waals surface area contributed by atoms with Gasteiger partial charge in [0.15, 0.2) is 0 Å². The van der Waals surface area contributed by atoms with E-state index in [9.17, 15) is 4.79 Å². The van der Waals surface area contributed by atoms with Gasteiger partial charge in [-0.05, 0) is 18.8 Å². The summed E-state index contributed by atoms with van der Waals surface area (Å²) in [4.78, 5) is 15.8. The maximum Gasteiger partial charge on any atom is 0.269 e. The second-order valence-electron chi connectivity index (χ2n) is 4.66. The lowest BCUT2D eigenvalue weighted by molar-refractivity contribution is 0.0936. The molecule has 2 atom stereocenters. The predicted molar refractivity (Wildman–Crippen MR) is 67.1 cm³/mol. The molecule has 4 nitrogen and oxygen atoms in total. The number of amides is 1. The Morgan fingerprint density at radius 2 is 2.35 bits per heavy atom. The molecule has 1 aliphatic carbocycles. The molecule has 2 unspecified atom stereocenters. The monoisotopic (exact) mass is 255 g/mol. The van der Waals surface area contributed by atoms with Gasteiger partial charge in [-0.1, -0.05) is 12.8 Å². The Hall–Kier alpha value is -1.03. The number of nitrogens with one attached hydrogen (secondary N) is 1. The van der Waals surface area contributed by atoms with E-state index in [1.807, 2.05) is 7.05 Å². The van der Waals surface area contributed by atoms with Crippen molar-refractivity contribution in [3.05, 3.63) is 18.2 Å². The van der Waals surface area contributed by atoms with E-state index in [0.29, 0.717) is 18.2 Å². The summed E-state index contributed by atoms with van der Waals surface area (Å²) in [6.07, 6.45) is 7.80. The Labute approximate surface area is 106 Å². The lowest BCUT2D eigenvalue weighted by atomic mass is 9.89. The van der Waals surface area contributed by atoms with Crippen LogP contribution in [-0.4, -0.2) is 27.4 Å². The molecule has 1 fully saturated rings. The molecule has 0 radical (unpaired) electrons. The van der Waals surface area contributed by atoms with Crippen molar-refractivity contribution in [3.8, 4) is 0 Å². The molecule has 1 aromatic heterocycles. The summed E-state index contributed by atoms with van der Waals surface area (Å²) in [5, 5.41) is 3.15. The second kappa shape index (κ2) is 5.54. The summed E-state index contributed by atoms with van der Waals surface area (Å²) in [5.41, 5.74) is 0.590. The van der Waals surface area contributed by atoms with Crippen molar-refractivity contribution in [2.45, 2.75) is 31.1 Å². The van der Waals surface area contributed by atoms with Crippen LogP contribution in [0.4, 0.5) is 0 Å². The zero-order chi connectivity index (χ0) is 12.3. The summed E-state index contributed by atoms with van der Waals surface area (Å²) in [5.74, 6) is 0.335. The number of aryl methyl sites for hydroxylation is 1. The van der Waals surface area contributed by atoms with Crippen LogP contribution in [0.15, 0.2) is 12.5 Å². The number of halogens is 1. The van der Waals surface area contributed by atoms with Gasteiger partial charge in [0.05, 0.1) is 12.5 Å². The van der Waals surface area contributed by atoms with Crippen LogP contribution in [0.25, 0.3) is 0 Å². The van der Waals surface area contributed by atoms with E-state index in [-0.39, 0.29) is 11.3 Å². The smallest absolute Gasteiger partial charge is 0.269 e. The lowest BCUT2D eigenvalue weighted by Crippen LogP contribution is -2.35. The van der Waals surface area contributed by atoms with Gasteiger partial charge >= 0.3 is 0 Å². The van der Waals surface area contributed by atoms with Gasteiger partial charge in [-0.15, -0.1) is 11.6 Å². The highest BCUT2D eigenvalue weighted by atomic mass is 35.5. The fourth-order valence-electron chi connectivity index (χ4n) is 2.28. The van der Waals surface area contributed by atoms with E-state index in [1.54, 1.807) is 17.1 Å². The molecule has 1 saturated carbocycles. The van der Waals surface area contributed by atoms with Crippen molar-refractivity contribution in [2.24, 2.45) is 13.0 Å². The van der Waals surface area contributed by atoms with Crippen LogP contribution < -0.4 is 5.32 Å².